The van der Waals surface area contributed by atoms with Gasteiger partial charge < -0.3 is 24.5 Å². The Bertz CT molecular complexity index is 1090. The molecule has 0 radical (unpaired) electrons. The van der Waals surface area contributed by atoms with Gasteiger partial charge in [0.25, 0.3) is 0 Å². The summed E-state index contributed by atoms with van der Waals surface area (Å²) in [5, 5.41) is 10.1. The highest BCUT2D eigenvalue weighted by molar-refractivity contribution is 6.03. The molecule has 6 atom stereocenters. The van der Waals surface area contributed by atoms with Crippen LogP contribution >= 0.6 is 0 Å². The molecule has 212 valence electrons. The van der Waals surface area contributed by atoms with Crippen LogP contribution in [0, 0.1) is 11.8 Å². The number of fused-ring (bicyclic) bond motifs is 1. The number of aliphatic hydroxyl groups is 1. The summed E-state index contributed by atoms with van der Waals surface area (Å²) < 4.78 is 6.89. The van der Waals surface area contributed by atoms with Crippen LogP contribution in [0.3, 0.4) is 0 Å². The number of ether oxygens (including phenoxy) is 1. The molecule has 1 aromatic rings. The summed E-state index contributed by atoms with van der Waals surface area (Å²) in [6.07, 6.45) is 6.75. The molecule has 1 aromatic carbocycles. The van der Waals surface area contributed by atoms with Gasteiger partial charge in [-0.1, -0.05) is 50.6 Å². The number of carbonyl (C=O) groups excluding carboxylic acids is 3. The van der Waals surface area contributed by atoms with E-state index in [0.717, 1.165) is 18.5 Å². The number of benzene rings is 1. The second-order valence-corrected chi connectivity index (χ2v) is 11.1. The minimum atomic E-state index is -1.13. The van der Waals surface area contributed by atoms with E-state index in [4.69, 9.17) is 4.74 Å². The molecule has 8 heteroatoms. The number of nitrogens with zero attached hydrogens (tertiary/aromatic N) is 3. The highest BCUT2D eigenvalue weighted by Crippen LogP contribution is 2.65. The summed E-state index contributed by atoms with van der Waals surface area (Å²) in [4.78, 5) is 48.0. The van der Waals surface area contributed by atoms with Crippen molar-refractivity contribution in [2.24, 2.45) is 11.8 Å². The van der Waals surface area contributed by atoms with E-state index in [1.54, 1.807) is 28.9 Å². The third-order valence-electron chi connectivity index (χ3n) is 8.95. The van der Waals surface area contributed by atoms with Crippen LogP contribution in [0.2, 0.25) is 0 Å². The summed E-state index contributed by atoms with van der Waals surface area (Å²) in [5.41, 5.74) is -1.25. The van der Waals surface area contributed by atoms with Crippen molar-refractivity contribution < 1.29 is 24.2 Å². The Morgan fingerprint density at radius 3 is 2.44 bits per heavy atom. The Kier molecular flexibility index (Phi) is 8.66. The fourth-order valence-electron chi connectivity index (χ4n) is 7.07. The number of likely N-dealkylation sites (tertiary alicyclic amines) is 1. The fraction of sp³-hybridized carbons (Fsp3) is 0.581. The number of hydrogen-bond donors (Lipinski definition) is 1. The van der Waals surface area contributed by atoms with Gasteiger partial charge in [-0.3, -0.25) is 14.4 Å². The van der Waals surface area contributed by atoms with Crippen molar-refractivity contribution >= 4 is 23.4 Å². The lowest BCUT2D eigenvalue weighted by Gasteiger charge is -2.38. The van der Waals surface area contributed by atoms with Gasteiger partial charge in [0.15, 0.2) is 0 Å². The molecule has 3 aliphatic rings. The van der Waals surface area contributed by atoms with Gasteiger partial charge in [0.05, 0.1) is 30.1 Å². The molecule has 1 N–H and O–H groups in total. The van der Waals surface area contributed by atoms with Crippen molar-refractivity contribution in [3.8, 4) is 0 Å². The van der Waals surface area contributed by atoms with Crippen molar-refractivity contribution in [2.75, 3.05) is 31.1 Å². The van der Waals surface area contributed by atoms with Gasteiger partial charge in [-0.2, -0.15) is 0 Å². The van der Waals surface area contributed by atoms with E-state index in [2.05, 4.69) is 20.1 Å². The largest absolute Gasteiger partial charge is 0.394 e. The lowest BCUT2D eigenvalue weighted by molar-refractivity contribution is -0.155. The third-order valence-corrected chi connectivity index (χ3v) is 8.95. The molecule has 1 spiro atoms. The van der Waals surface area contributed by atoms with Gasteiger partial charge in [-0.25, -0.2) is 0 Å². The SMILES string of the molecule is C=CCN(CCCC)C(=O)C1N([C@H](C)CO)C(=O)[C@@H]2[C@@H](C(=O)N(CC=C)c3ccccc3)[C@@]3(CC)CCC12O3. The number of unbranched alkanes of at least 4 members (excludes halogenated alkanes) is 1. The van der Waals surface area contributed by atoms with Gasteiger partial charge in [0, 0.05) is 25.3 Å². The quantitative estimate of drug-likeness (QED) is 0.389. The van der Waals surface area contributed by atoms with Crippen LogP contribution in [0.25, 0.3) is 0 Å². The van der Waals surface area contributed by atoms with Crippen LogP contribution < -0.4 is 4.90 Å². The van der Waals surface area contributed by atoms with Gasteiger partial charge >= 0.3 is 0 Å². The van der Waals surface area contributed by atoms with Crippen molar-refractivity contribution in [1.82, 2.24) is 9.80 Å². The van der Waals surface area contributed by atoms with Crippen LogP contribution in [0.15, 0.2) is 55.6 Å². The zero-order valence-electron chi connectivity index (χ0n) is 23.6. The minimum absolute atomic E-state index is 0.193. The first kappa shape index (κ1) is 29.0. The first-order valence-corrected chi connectivity index (χ1v) is 14.3. The van der Waals surface area contributed by atoms with Crippen LogP contribution in [0.4, 0.5) is 5.69 Å². The smallest absolute Gasteiger partial charge is 0.248 e. The molecule has 2 unspecified atom stereocenters. The van der Waals surface area contributed by atoms with Crippen LogP contribution in [-0.2, 0) is 19.1 Å². The number of amides is 3. The molecule has 0 aromatic heterocycles. The summed E-state index contributed by atoms with van der Waals surface area (Å²) in [7, 11) is 0. The molecule has 3 amide bonds. The lowest BCUT2D eigenvalue weighted by atomic mass is 9.64. The molecule has 3 heterocycles. The second-order valence-electron chi connectivity index (χ2n) is 11.1. The standard InChI is InChI=1S/C31H43N3O5/c1-6-10-20-32(18-7-2)29(38)26-31-17-16-30(9-4,39-31)24(25(31)28(37)34(26)22(5)21-35)27(36)33(19-8-3)23-14-12-11-13-15-23/h7-8,11-15,22,24-26,35H,2-3,6,9-10,16-21H2,1,4-5H3/t22-,24+,25+,26?,30-,31?/m1/s1. The predicted molar refractivity (Wildman–Crippen MR) is 151 cm³/mol. The van der Waals surface area contributed by atoms with E-state index in [0.29, 0.717) is 32.4 Å². The highest BCUT2D eigenvalue weighted by atomic mass is 16.5. The van der Waals surface area contributed by atoms with Crippen molar-refractivity contribution in [2.45, 2.75) is 76.2 Å². The molecule has 39 heavy (non-hydrogen) atoms. The fourth-order valence-corrected chi connectivity index (χ4v) is 7.07. The van der Waals surface area contributed by atoms with E-state index in [9.17, 15) is 19.5 Å². The molecule has 3 aliphatic heterocycles. The first-order valence-electron chi connectivity index (χ1n) is 14.3. The summed E-state index contributed by atoms with van der Waals surface area (Å²) in [6, 6.07) is 7.86. The average Bonchev–Trinajstić information content (AvgIpc) is 3.56. The maximum Gasteiger partial charge on any atom is 0.248 e. The number of para-hydroxylation sites is 1. The first-order chi connectivity index (χ1) is 18.8. The topological polar surface area (TPSA) is 90.4 Å². The third kappa shape index (κ3) is 4.61. The molecule has 8 nitrogen and oxygen atoms in total. The molecule has 0 saturated carbocycles. The van der Waals surface area contributed by atoms with E-state index >= 15 is 0 Å². The Morgan fingerprint density at radius 2 is 1.85 bits per heavy atom. The van der Waals surface area contributed by atoms with Crippen molar-refractivity contribution in [3.05, 3.63) is 55.6 Å². The second kappa shape index (κ2) is 11.6. The molecular weight excluding hydrogens is 494 g/mol. The molecule has 3 fully saturated rings. The number of anilines is 1. The number of hydrogen-bond acceptors (Lipinski definition) is 5. The van der Waals surface area contributed by atoms with Crippen molar-refractivity contribution in [3.63, 3.8) is 0 Å². The summed E-state index contributed by atoms with van der Waals surface area (Å²) in [5.74, 6) is -2.25. The maximum atomic E-state index is 14.4. The Balaban J connectivity index is 1.82. The Hall–Kier alpha value is -2.97. The zero-order chi connectivity index (χ0) is 28.4. The van der Waals surface area contributed by atoms with Crippen molar-refractivity contribution in [1.29, 1.82) is 0 Å². The number of rotatable bonds is 13. The predicted octanol–water partition coefficient (Wildman–Crippen LogP) is 3.56. The molecule has 4 rings (SSSR count). The normalized spacial score (nSPS) is 29.7. The lowest BCUT2D eigenvalue weighted by Crippen LogP contribution is -2.58. The van der Waals surface area contributed by atoms with Crippen LogP contribution in [0.5, 0.6) is 0 Å². The number of carbonyl (C=O) groups is 3. The minimum Gasteiger partial charge on any atom is -0.394 e. The molecule has 0 aliphatic carbocycles. The maximum absolute atomic E-state index is 14.4. The van der Waals surface area contributed by atoms with Gasteiger partial charge in [-0.15, -0.1) is 13.2 Å². The van der Waals surface area contributed by atoms with E-state index in [-0.39, 0.29) is 30.9 Å². The molecular formula is C31H43N3O5. The highest BCUT2D eigenvalue weighted by Gasteiger charge is 2.79. The average molecular weight is 538 g/mol. The van der Waals surface area contributed by atoms with E-state index in [1.165, 1.54) is 4.90 Å². The van der Waals surface area contributed by atoms with Crippen LogP contribution in [0.1, 0.15) is 52.9 Å². The monoisotopic (exact) mass is 537 g/mol. The Labute approximate surface area is 232 Å². The summed E-state index contributed by atoms with van der Waals surface area (Å²) in [6.45, 7) is 14.4. The van der Waals surface area contributed by atoms with Crippen LogP contribution in [-0.4, -0.2) is 82.2 Å². The zero-order valence-corrected chi connectivity index (χ0v) is 23.6. The molecule has 3 saturated heterocycles. The van der Waals surface area contributed by atoms with Gasteiger partial charge in [-0.05, 0) is 44.7 Å². The van der Waals surface area contributed by atoms with E-state index < -0.39 is 35.1 Å². The van der Waals surface area contributed by atoms with Gasteiger partial charge in [0.2, 0.25) is 17.7 Å². The summed E-state index contributed by atoms with van der Waals surface area (Å²) >= 11 is 0. The molecule has 2 bridgehead atoms. The number of aliphatic hydroxyl groups excluding tert-OH is 1. The van der Waals surface area contributed by atoms with E-state index in [1.807, 2.05) is 37.3 Å². The Morgan fingerprint density at radius 1 is 1.15 bits per heavy atom. The van der Waals surface area contributed by atoms with Gasteiger partial charge in [0.1, 0.15) is 11.6 Å².